The first-order valence-electron chi connectivity index (χ1n) is 11.7. The molecule has 3 aromatic rings. The molecule has 5 rings (SSSR count). The topological polar surface area (TPSA) is 67.7 Å². The van der Waals surface area contributed by atoms with E-state index in [9.17, 15) is 0 Å². The lowest BCUT2D eigenvalue weighted by molar-refractivity contribution is 0.352. The van der Waals surface area contributed by atoms with Gasteiger partial charge in [0.25, 0.3) is 0 Å². The molecule has 0 spiro atoms. The summed E-state index contributed by atoms with van der Waals surface area (Å²) in [5.41, 5.74) is 4.37. The highest BCUT2D eigenvalue weighted by atomic mass is 35.5. The van der Waals surface area contributed by atoms with E-state index in [2.05, 4.69) is 51.0 Å². The lowest BCUT2D eigenvalue weighted by Crippen LogP contribution is -2.36. The summed E-state index contributed by atoms with van der Waals surface area (Å²) in [6, 6.07) is 11.6. The predicted octanol–water partition coefficient (Wildman–Crippen LogP) is 5.00. The van der Waals surface area contributed by atoms with Crippen molar-refractivity contribution in [3.63, 3.8) is 0 Å². The van der Waals surface area contributed by atoms with Gasteiger partial charge in [-0.1, -0.05) is 41.9 Å². The molecule has 2 N–H and O–H groups in total. The van der Waals surface area contributed by atoms with Crippen LogP contribution in [0.4, 0.5) is 5.95 Å². The van der Waals surface area contributed by atoms with Crippen molar-refractivity contribution < 1.29 is 0 Å². The molecule has 2 aliphatic rings. The molecule has 32 heavy (non-hydrogen) atoms. The Kier molecular flexibility index (Phi) is 6.42. The summed E-state index contributed by atoms with van der Waals surface area (Å²) in [5.74, 6) is 1.43. The molecule has 0 saturated heterocycles. The third kappa shape index (κ3) is 5.13. The second-order valence-electron chi connectivity index (χ2n) is 9.23. The van der Waals surface area contributed by atoms with Gasteiger partial charge in [0.1, 0.15) is 0 Å². The van der Waals surface area contributed by atoms with Gasteiger partial charge in [-0.15, -0.1) is 0 Å². The molecular formula is C25H31ClN6. The molecule has 6 nitrogen and oxygen atoms in total. The Morgan fingerprint density at radius 3 is 2.50 bits per heavy atom. The van der Waals surface area contributed by atoms with E-state index < -0.39 is 0 Å². The van der Waals surface area contributed by atoms with Gasteiger partial charge < -0.3 is 10.6 Å². The van der Waals surface area contributed by atoms with Gasteiger partial charge in [0, 0.05) is 36.9 Å². The van der Waals surface area contributed by atoms with Crippen LogP contribution in [0.15, 0.2) is 42.7 Å². The van der Waals surface area contributed by atoms with Crippen LogP contribution >= 0.6 is 11.6 Å². The third-order valence-electron chi connectivity index (χ3n) is 6.74. The van der Waals surface area contributed by atoms with Gasteiger partial charge in [0.2, 0.25) is 5.95 Å². The average molecular weight is 451 g/mol. The SMILES string of the molecule is Cn1ncc(-c2nc(N[C@H]3CC[C@H](NCc4ccccc4)CC3)ncc2Cl)c1CC1CC1. The highest BCUT2D eigenvalue weighted by molar-refractivity contribution is 6.32. The van der Waals surface area contributed by atoms with Crippen LogP contribution in [0.2, 0.25) is 5.02 Å². The van der Waals surface area contributed by atoms with Crippen molar-refractivity contribution in [3.05, 3.63) is 59.0 Å². The summed E-state index contributed by atoms with van der Waals surface area (Å²) in [4.78, 5) is 9.28. The molecule has 7 heteroatoms. The molecule has 2 saturated carbocycles. The number of hydrogen-bond donors (Lipinski definition) is 2. The van der Waals surface area contributed by atoms with E-state index >= 15 is 0 Å². The number of rotatable bonds is 8. The predicted molar refractivity (Wildman–Crippen MR) is 129 cm³/mol. The van der Waals surface area contributed by atoms with Crippen LogP contribution < -0.4 is 10.6 Å². The molecule has 0 radical (unpaired) electrons. The lowest BCUT2D eigenvalue weighted by atomic mass is 9.91. The molecule has 2 heterocycles. The van der Waals surface area contributed by atoms with Crippen molar-refractivity contribution in [3.8, 4) is 11.3 Å². The number of aromatic nitrogens is 4. The van der Waals surface area contributed by atoms with Crippen LogP contribution in [-0.4, -0.2) is 31.8 Å². The van der Waals surface area contributed by atoms with E-state index in [4.69, 9.17) is 16.6 Å². The summed E-state index contributed by atoms with van der Waals surface area (Å²) < 4.78 is 1.96. The molecule has 0 aliphatic heterocycles. The van der Waals surface area contributed by atoms with Crippen molar-refractivity contribution in [1.82, 2.24) is 25.1 Å². The van der Waals surface area contributed by atoms with E-state index in [1.165, 1.54) is 24.1 Å². The van der Waals surface area contributed by atoms with Crippen molar-refractivity contribution in [1.29, 1.82) is 0 Å². The minimum absolute atomic E-state index is 0.388. The number of halogens is 1. The van der Waals surface area contributed by atoms with Crippen LogP contribution in [0.5, 0.6) is 0 Å². The van der Waals surface area contributed by atoms with Crippen LogP contribution in [0.25, 0.3) is 11.3 Å². The molecule has 0 unspecified atom stereocenters. The Morgan fingerprint density at radius 2 is 1.75 bits per heavy atom. The van der Waals surface area contributed by atoms with Crippen LogP contribution in [0, 0.1) is 5.92 Å². The van der Waals surface area contributed by atoms with Crippen molar-refractivity contribution >= 4 is 17.5 Å². The minimum Gasteiger partial charge on any atom is -0.351 e. The number of nitrogens with one attached hydrogen (secondary N) is 2. The molecule has 1 aromatic carbocycles. The highest BCUT2D eigenvalue weighted by Crippen LogP contribution is 2.37. The monoisotopic (exact) mass is 450 g/mol. The highest BCUT2D eigenvalue weighted by Gasteiger charge is 2.26. The molecule has 2 fully saturated rings. The van der Waals surface area contributed by atoms with Gasteiger partial charge in [-0.2, -0.15) is 5.10 Å². The molecule has 0 atom stereocenters. The summed E-state index contributed by atoms with van der Waals surface area (Å²) >= 11 is 6.51. The van der Waals surface area contributed by atoms with E-state index in [-0.39, 0.29) is 0 Å². The summed E-state index contributed by atoms with van der Waals surface area (Å²) in [6.45, 7) is 0.932. The third-order valence-corrected chi connectivity index (χ3v) is 7.01. The average Bonchev–Trinajstić information content (AvgIpc) is 3.57. The van der Waals surface area contributed by atoms with Crippen LogP contribution in [0.1, 0.15) is 49.8 Å². The molecule has 2 aromatic heterocycles. The normalized spacial score (nSPS) is 20.9. The van der Waals surface area contributed by atoms with Crippen molar-refractivity contribution in [2.24, 2.45) is 13.0 Å². The standard InChI is InChI=1S/C25H31ClN6/c1-32-23(13-17-7-8-17)21(15-29-32)24-22(26)16-28-25(31-24)30-20-11-9-19(10-12-20)27-14-18-5-3-2-4-6-18/h2-6,15-17,19-20,27H,7-14H2,1H3,(H,28,30,31)/t19-,20-. The van der Waals surface area contributed by atoms with Crippen LogP contribution in [0.3, 0.4) is 0 Å². The molecule has 0 amide bonds. The Morgan fingerprint density at radius 1 is 1.00 bits per heavy atom. The van der Waals surface area contributed by atoms with E-state index in [0.717, 1.165) is 55.8 Å². The van der Waals surface area contributed by atoms with Gasteiger partial charge in [-0.3, -0.25) is 4.68 Å². The Balaban J connectivity index is 1.20. The fourth-order valence-corrected chi connectivity index (χ4v) is 4.80. The first-order chi connectivity index (χ1) is 15.7. The summed E-state index contributed by atoms with van der Waals surface area (Å²) in [7, 11) is 2.00. The maximum absolute atomic E-state index is 6.51. The molecular weight excluding hydrogens is 420 g/mol. The van der Waals surface area contributed by atoms with Gasteiger partial charge in [0.15, 0.2) is 0 Å². The molecule has 0 bridgehead atoms. The number of aryl methyl sites for hydroxylation is 1. The zero-order valence-corrected chi connectivity index (χ0v) is 19.4. The smallest absolute Gasteiger partial charge is 0.223 e. The number of hydrogen-bond acceptors (Lipinski definition) is 5. The Bertz CT molecular complexity index is 1040. The lowest BCUT2D eigenvalue weighted by Gasteiger charge is -2.30. The summed E-state index contributed by atoms with van der Waals surface area (Å²) in [6.07, 6.45) is 11.8. The zero-order chi connectivity index (χ0) is 21.9. The quantitative estimate of drug-likeness (QED) is 0.505. The first-order valence-corrected chi connectivity index (χ1v) is 12.1. The maximum atomic E-state index is 6.51. The molecule has 2 aliphatic carbocycles. The Hall–Kier alpha value is -2.44. The molecule has 168 valence electrons. The first kappa shape index (κ1) is 21.4. The number of nitrogens with zero attached hydrogens (tertiary/aromatic N) is 4. The Labute approximate surface area is 194 Å². The number of benzene rings is 1. The van der Waals surface area contributed by atoms with E-state index in [0.29, 0.717) is 23.1 Å². The van der Waals surface area contributed by atoms with E-state index in [1.807, 2.05) is 17.9 Å². The fraction of sp³-hybridized carbons (Fsp3) is 0.480. The van der Waals surface area contributed by atoms with Gasteiger partial charge in [-0.25, -0.2) is 9.97 Å². The number of anilines is 1. The minimum atomic E-state index is 0.388. The van der Waals surface area contributed by atoms with Gasteiger partial charge >= 0.3 is 0 Å². The van der Waals surface area contributed by atoms with Gasteiger partial charge in [-0.05, 0) is 56.4 Å². The van der Waals surface area contributed by atoms with Crippen molar-refractivity contribution in [2.75, 3.05) is 5.32 Å². The maximum Gasteiger partial charge on any atom is 0.223 e. The second kappa shape index (κ2) is 9.59. The zero-order valence-electron chi connectivity index (χ0n) is 18.6. The summed E-state index contributed by atoms with van der Waals surface area (Å²) in [5, 5.41) is 12.3. The van der Waals surface area contributed by atoms with Crippen molar-refractivity contribution in [2.45, 2.75) is 63.6 Å². The van der Waals surface area contributed by atoms with E-state index in [1.54, 1.807) is 6.20 Å². The second-order valence-corrected chi connectivity index (χ2v) is 9.63. The van der Waals surface area contributed by atoms with Crippen LogP contribution in [-0.2, 0) is 20.0 Å². The fourth-order valence-electron chi connectivity index (χ4n) is 4.61. The largest absolute Gasteiger partial charge is 0.351 e. The van der Waals surface area contributed by atoms with Gasteiger partial charge in [0.05, 0.1) is 23.1 Å².